The number of nitrogens with one attached hydrogen (secondary N) is 1. The smallest absolute Gasteiger partial charge is 0.484 e. The van der Waals surface area contributed by atoms with Gasteiger partial charge in [0.05, 0.1) is 37.4 Å². The van der Waals surface area contributed by atoms with Gasteiger partial charge in [-0.25, -0.2) is 4.39 Å². The molecular weight excluding hydrogens is 480 g/mol. The van der Waals surface area contributed by atoms with Crippen molar-refractivity contribution in [2.24, 2.45) is 0 Å². The van der Waals surface area contributed by atoms with E-state index in [-0.39, 0.29) is 55.6 Å². The van der Waals surface area contributed by atoms with Crippen molar-refractivity contribution in [1.82, 2.24) is 15.5 Å². The molecule has 0 unspecified atom stereocenters. The van der Waals surface area contributed by atoms with E-state index in [9.17, 15) is 22.4 Å². The van der Waals surface area contributed by atoms with E-state index in [0.717, 1.165) is 6.07 Å². The maximum Gasteiger partial charge on any atom is 0.522 e. The van der Waals surface area contributed by atoms with Crippen LogP contribution in [0.1, 0.15) is 12.2 Å². The average Bonchev–Trinajstić information content (AvgIpc) is 3.21. The topological polar surface area (TPSA) is 108 Å². The Morgan fingerprint density at radius 1 is 1.24 bits per heavy atom. The van der Waals surface area contributed by atoms with E-state index in [1.54, 1.807) is 0 Å². The molecule has 2 aliphatic rings. The first kappa shape index (κ1) is 23.5. The van der Waals surface area contributed by atoms with Gasteiger partial charge in [0.15, 0.2) is 6.61 Å². The van der Waals surface area contributed by atoms with Crippen LogP contribution >= 0.6 is 11.6 Å². The molecule has 3 heterocycles. The molecule has 0 radical (unpaired) electrons. The van der Waals surface area contributed by atoms with Gasteiger partial charge in [-0.2, -0.15) is 0 Å². The van der Waals surface area contributed by atoms with Gasteiger partial charge in [0.25, 0.3) is 11.8 Å². The molecule has 0 aliphatic carbocycles. The summed E-state index contributed by atoms with van der Waals surface area (Å²) in [5.41, 5.74) is 0. The number of benzene rings is 1. The Morgan fingerprint density at radius 3 is 2.64 bits per heavy atom. The van der Waals surface area contributed by atoms with Crippen LogP contribution < -0.4 is 15.0 Å². The van der Waals surface area contributed by atoms with Gasteiger partial charge < -0.3 is 28.8 Å². The highest BCUT2D eigenvalue weighted by molar-refractivity contribution is 6.30. The fraction of sp³-hybridized carbons (Fsp3) is 0.500. The van der Waals surface area contributed by atoms with Crippen LogP contribution in [0.15, 0.2) is 22.6 Å². The first-order chi connectivity index (χ1) is 15.7. The molecule has 33 heavy (non-hydrogen) atoms. The molecule has 2 aliphatic heterocycles. The summed E-state index contributed by atoms with van der Waals surface area (Å²) in [5.74, 6) is -1.01. The summed E-state index contributed by atoms with van der Waals surface area (Å²) in [6.45, 7) is -0.328. The number of carbonyl (C=O) groups is 1. The Morgan fingerprint density at radius 2 is 1.97 bits per heavy atom. The van der Waals surface area contributed by atoms with Gasteiger partial charge in [-0.05, 0) is 12.1 Å². The van der Waals surface area contributed by atoms with E-state index >= 15 is 0 Å². The molecule has 2 fully saturated rings. The van der Waals surface area contributed by atoms with Crippen LogP contribution in [0.3, 0.4) is 0 Å². The van der Waals surface area contributed by atoms with Crippen LogP contribution in [0.4, 0.5) is 23.6 Å². The zero-order valence-electron chi connectivity index (χ0n) is 16.7. The van der Waals surface area contributed by atoms with Gasteiger partial charge in [0.1, 0.15) is 17.7 Å². The van der Waals surface area contributed by atoms with Crippen molar-refractivity contribution in [3.8, 4) is 5.75 Å². The van der Waals surface area contributed by atoms with Crippen LogP contribution in [0.5, 0.6) is 5.75 Å². The Hall–Kier alpha value is -2.68. The van der Waals surface area contributed by atoms with E-state index in [2.05, 4.69) is 20.3 Å². The van der Waals surface area contributed by atoms with E-state index in [1.807, 2.05) is 0 Å². The Balaban J connectivity index is 1.18. The molecule has 0 spiro atoms. The van der Waals surface area contributed by atoms with E-state index < -0.39 is 36.5 Å². The maximum atomic E-state index is 13.4. The SMILES string of the molecule is O=C(COc1ccc(Cl)c(F)c1)N[C@H]1CO[C@H](c2nnc(N3CC(OC(F)(F)F)C3)o2)OC1. The maximum absolute atomic E-state index is 13.4. The Labute approximate surface area is 188 Å². The lowest BCUT2D eigenvalue weighted by Crippen LogP contribution is -2.54. The summed E-state index contributed by atoms with van der Waals surface area (Å²) in [4.78, 5) is 13.4. The third-order valence-electron chi connectivity index (χ3n) is 4.57. The lowest BCUT2D eigenvalue weighted by molar-refractivity contribution is -0.344. The Kier molecular flexibility index (Phi) is 6.88. The number of aromatic nitrogens is 2. The highest BCUT2D eigenvalue weighted by atomic mass is 35.5. The summed E-state index contributed by atoms with van der Waals surface area (Å²) in [6.07, 6.45) is -6.70. The minimum Gasteiger partial charge on any atom is -0.484 e. The molecule has 4 rings (SSSR count). The van der Waals surface area contributed by atoms with Crippen LogP contribution in [-0.2, 0) is 19.0 Å². The zero-order chi connectivity index (χ0) is 23.6. The normalized spacial score (nSPS) is 21.5. The first-order valence-electron chi connectivity index (χ1n) is 9.59. The molecular formula is C18H17ClF4N4O6. The molecule has 1 aromatic heterocycles. The van der Waals surface area contributed by atoms with Crippen molar-refractivity contribution in [3.63, 3.8) is 0 Å². The minimum atomic E-state index is -4.70. The predicted octanol–water partition coefficient (Wildman–Crippen LogP) is 2.20. The number of ether oxygens (including phenoxy) is 4. The van der Waals surface area contributed by atoms with Gasteiger partial charge >= 0.3 is 12.4 Å². The predicted molar refractivity (Wildman–Crippen MR) is 101 cm³/mol. The van der Waals surface area contributed by atoms with Gasteiger partial charge in [0.2, 0.25) is 6.29 Å². The van der Waals surface area contributed by atoms with Crippen molar-refractivity contribution in [2.45, 2.75) is 24.8 Å². The molecule has 2 aromatic rings. The summed E-state index contributed by atoms with van der Waals surface area (Å²) >= 11 is 5.58. The van der Waals surface area contributed by atoms with Crippen LogP contribution in [-0.4, -0.2) is 67.5 Å². The number of hydrogen-bond acceptors (Lipinski definition) is 9. The third-order valence-corrected chi connectivity index (χ3v) is 4.88. The number of nitrogens with zero attached hydrogens (tertiary/aromatic N) is 3. The van der Waals surface area contributed by atoms with Crippen molar-refractivity contribution in [2.75, 3.05) is 37.8 Å². The summed E-state index contributed by atoms with van der Waals surface area (Å²) < 4.78 is 75.4. The lowest BCUT2D eigenvalue weighted by atomic mass is 10.2. The second-order valence-electron chi connectivity index (χ2n) is 7.14. The van der Waals surface area contributed by atoms with Crippen molar-refractivity contribution in [3.05, 3.63) is 34.9 Å². The quantitative estimate of drug-likeness (QED) is 0.577. The monoisotopic (exact) mass is 496 g/mol. The van der Waals surface area contributed by atoms with Crippen LogP contribution in [0.25, 0.3) is 0 Å². The van der Waals surface area contributed by atoms with Crippen molar-refractivity contribution < 1.29 is 45.7 Å². The highest BCUT2D eigenvalue weighted by Crippen LogP contribution is 2.29. The standard InChI is InChI=1S/C18H17ClF4N4O6/c19-12-2-1-10(3-13(12)20)29-8-14(28)24-9-6-30-16(31-7-9)15-25-26-17(32-15)27-4-11(5-27)33-18(21,22)23/h1-3,9,11,16H,4-8H2,(H,24,28)/t9-,16-. The lowest BCUT2D eigenvalue weighted by Gasteiger charge is -2.37. The summed E-state index contributed by atoms with van der Waals surface area (Å²) in [7, 11) is 0. The molecule has 15 heteroatoms. The zero-order valence-corrected chi connectivity index (χ0v) is 17.4. The molecule has 1 amide bonds. The summed E-state index contributed by atoms with van der Waals surface area (Å²) in [5, 5.41) is 10.1. The fourth-order valence-electron chi connectivity index (χ4n) is 3.02. The van der Waals surface area contributed by atoms with Crippen LogP contribution in [0, 0.1) is 5.82 Å². The second-order valence-corrected chi connectivity index (χ2v) is 7.55. The fourth-order valence-corrected chi connectivity index (χ4v) is 3.14. The number of halogens is 5. The molecule has 0 bridgehead atoms. The van der Waals surface area contributed by atoms with E-state index in [0.29, 0.717) is 0 Å². The number of hydrogen-bond donors (Lipinski definition) is 1. The molecule has 0 saturated carbocycles. The van der Waals surface area contributed by atoms with Crippen molar-refractivity contribution in [1.29, 1.82) is 0 Å². The number of rotatable bonds is 7. The minimum absolute atomic E-state index is 0.0111. The number of anilines is 1. The number of carbonyl (C=O) groups excluding carboxylic acids is 1. The van der Waals surface area contributed by atoms with Crippen LogP contribution in [0.2, 0.25) is 5.02 Å². The molecule has 180 valence electrons. The third kappa shape index (κ3) is 6.22. The molecule has 1 aromatic carbocycles. The van der Waals surface area contributed by atoms with E-state index in [1.165, 1.54) is 17.0 Å². The molecule has 2 saturated heterocycles. The van der Waals surface area contributed by atoms with E-state index in [4.69, 9.17) is 30.2 Å². The number of alkyl halides is 3. The highest BCUT2D eigenvalue weighted by Gasteiger charge is 2.41. The second kappa shape index (κ2) is 9.67. The van der Waals surface area contributed by atoms with Gasteiger partial charge in [-0.15, -0.1) is 18.3 Å². The van der Waals surface area contributed by atoms with Gasteiger partial charge in [-0.3, -0.25) is 9.53 Å². The number of amides is 1. The Bertz CT molecular complexity index is 979. The average molecular weight is 497 g/mol. The first-order valence-corrected chi connectivity index (χ1v) is 9.97. The van der Waals surface area contributed by atoms with Gasteiger partial charge in [0, 0.05) is 6.07 Å². The largest absolute Gasteiger partial charge is 0.522 e. The molecule has 10 nitrogen and oxygen atoms in total. The van der Waals surface area contributed by atoms with Gasteiger partial charge in [-0.1, -0.05) is 16.7 Å². The van der Waals surface area contributed by atoms with Crippen molar-refractivity contribution >= 4 is 23.5 Å². The molecule has 1 N–H and O–H groups in total. The molecule has 0 atom stereocenters. The summed E-state index contributed by atoms with van der Waals surface area (Å²) in [6, 6.07) is 3.34.